The van der Waals surface area contributed by atoms with Crippen LogP contribution in [0.15, 0.2) is 36.4 Å². The third kappa shape index (κ3) is 8.08. The predicted molar refractivity (Wildman–Crippen MR) is 158 cm³/mol. The summed E-state index contributed by atoms with van der Waals surface area (Å²) in [6.07, 6.45) is 5.83. The zero-order valence-electron chi connectivity index (χ0n) is 23.1. The normalized spacial score (nSPS) is 20.0. The van der Waals surface area contributed by atoms with E-state index in [0.29, 0.717) is 19.8 Å². The standard InChI is InChI=1S/C30H41N5O4.ClH/c36-28(37)20-27(23-5-1-9-26(19-23)35-15-17-39-18-16-35)33-30(38)24-7-3-13-34(21-24)14-4-8-25-11-10-22-6-2-12-31-29(22)32-25;/h1,5,9-11,19,24,27H,2-4,6-8,12-18,20-21H2,(H,31,32)(H,33,38)(H,36,37);1H. The van der Waals surface area contributed by atoms with E-state index in [-0.39, 0.29) is 30.7 Å². The molecule has 1 aromatic heterocycles. The van der Waals surface area contributed by atoms with Crippen molar-refractivity contribution >= 4 is 35.8 Å². The zero-order chi connectivity index (χ0) is 27.0. The van der Waals surface area contributed by atoms with Crippen molar-refractivity contribution in [2.75, 3.05) is 62.7 Å². The van der Waals surface area contributed by atoms with Crippen LogP contribution in [-0.2, 0) is 27.2 Å². The summed E-state index contributed by atoms with van der Waals surface area (Å²) in [5, 5.41) is 16.1. The number of pyridine rings is 1. The number of piperidine rings is 1. The minimum Gasteiger partial charge on any atom is -0.481 e. The first-order chi connectivity index (χ1) is 19.0. The van der Waals surface area contributed by atoms with Crippen molar-refractivity contribution in [1.82, 2.24) is 15.2 Å². The number of aromatic nitrogens is 1. The lowest BCUT2D eigenvalue weighted by Gasteiger charge is -2.33. The molecule has 0 aliphatic carbocycles. The molecule has 3 N–H and O–H groups in total. The number of fused-ring (bicyclic) bond motifs is 1. The number of morpholine rings is 1. The Balaban J connectivity index is 0.00000370. The second-order valence-corrected chi connectivity index (χ2v) is 10.9. The molecular weight excluding hydrogens is 530 g/mol. The third-order valence-corrected chi connectivity index (χ3v) is 8.08. The number of carboxylic acids is 1. The number of carboxylic acid groups (broad SMARTS) is 1. The fourth-order valence-electron chi connectivity index (χ4n) is 5.94. The molecule has 9 nitrogen and oxygen atoms in total. The van der Waals surface area contributed by atoms with Crippen LogP contribution < -0.4 is 15.5 Å². The molecule has 3 aliphatic heterocycles. The Kier molecular flexibility index (Phi) is 11.0. The number of benzene rings is 1. The molecule has 1 aromatic carbocycles. The number of anilines is 2. The van der Waals surface area contributed by atoms with Crippen LogP contribution in [0.1, 0.15) is 55.0 Å². The average molecular weight is 572 g/mol. The van der Waals surface area contributed by atoms with Crippen LogP contribution in [0.25, 0.3) is 0 Å². The van der Waals surface area contributed by atoms with Gasteiger partial charge in [-0.25, -0.2) is 4.98 Å². The van der Waals surface area contributed by atoms with Gasteiger partial charge in [-0.1, -0.05) is 18.2 Å². The van der Waals surface area contributed by atoms with Crippen LogP contribution in [0, 0.1) is 5.92 Å². The highest BCUT2D eigenvalue weighted by molar-refractivity contribution is 5.85. The molecule has 0 spiro atoms. The van der Waals surface area contributed by atoms with Crippen LogP contribution >= 0.6 is 12.4 Å². The number of carbonyl (C=O) groups is 2. The van der Waals surface area contributed by atoms with E-state index in [0.717, 1.165) is 94.0 Å². The van der Waals surface area contributed by atoms with Crippen molar-refractivity contribution in [3.05, 3.63) is 53.2 Å². The van der Waals surface area contributed by atoms with Gasteiger partial charge in [-0.2, -0.15) is 0 Å². The minimum absolute atomic E-state index is 0. The van der Waals surface area contributed by atoms with Crippen LogP contribution in [-0.4, -0.2) is 79.3 Å². The van der Waals surface area contributed by atoms with Crippen LogP contribution in [0.4, 0.5) is 11.5 Å². The lowest BCUT2D eigenvalue weighted by molar-refractivity contribution is -0.138. The number of hydrogen-bond acceptors (Lipinski definition) is 7. The van der Waals surface area contributed by atoms with E-state index < -0.39 is 12.0 Å². The summed E-state index contributed by atoms with van der Waals surface area (Å²) in [4.78, 5) is 34.5. The molecule has 2 aromatic rings. The highest BCUT2D eigenvalue weighted by atomic mass is 35.5. The van der Waals surface area contributed by atoms with Gasteiger partial charge in [0.1, 0.15) is 5.82 Å². The van der Waals surface area contributed by atoms with E-state index in [9.17, 15) is 14.7 Å². The molecule has 2 fully saturated rings. The second kappa shape index (κ2) is 14.7. The maximum Gasteiger partial charge on any atom is 0.305 e. The number of nitrogens with one attached hydrogen (secondary N) is 2. The number of likely N-dealkylation sites (tertiary alicyclic amines) is 1. The predicted octanol–water partition coefficient (Wildman–Crippen LogP) is 3.67. The first kappa shape index (κ1) is 30.1. The maximum atomic E-state index is 13.4. The van der Waals surface area contributed by atoms with E-state index in [2.05, 4.69) is 32.6 Å². The Morgan fingerprint density at radius 1 is 1.15 bits per heavy atom. The zero-order valence-corrected chi connectivity index (χ0v) is 24.0. The number of rotatable bonds is 10. The molecule has 0 bridgehead atoms. The Labute approximate surface area is 243 Å². The lowest BCUT2D eigenvalue weighted by atomic mass is 9.95. The Morgan fingerprint density at radius 3 is 2.83 bits per heavy atom. The number of carbonyl (C=O) groups excluding carboxylic acids is 1. The minimum atomic E-state index is -0.923. The van der Waals surface area contributed by atoms with Crippen LogP contribution in [0.5, 0.6) is 0 Å². The van der Waals surface area contributed by atoms with Crippen molar-refractivity contribution < 1.29 is 19.4 Å². The number of hydrogen-bond donors (Lipinski definition) is 3. The Bertz CT molecular complexity index is 1140. The van der Waals surface area contributed by atoms with Gasteiger partial charge in [-0.15, -0.1) is 12.4 Å². The summed E-state index contributed by atoms with van der Waals surface area (Å²) in [5.74, 6) is -0.0677. The third-order valence-electron chi connectivity index (χ3n) is 8.08. The van der Waals surface area contributed by atoms with Gasteiger partial charge in [-0.05, 0) is 80.9 Å². The van der Waals surface area contributed by atoms with Crippen LogP contribution in [0.2, 0.25) is 0 Å². The number of aliphatic carboxylic acids is 1. The van der Waals surface area contributed by atoms with Gasteiger partial charge in [0.15, 0.2) is 0 Å². The highest BCUT2D eigenvalue weighted by Gasteiger charge is 2.28. The van der Waals surface area contributed by atoms with Gasteiger partial charge < -0.3 is 30.3 Å². The summed E-state index contributed by atoms with van der Waals surface area (Å²) >= 11 is 0. The fourth-order valence-corrected chi connectivity index (χ4v) is 5.94. The number of nitrogens with zero attached hydrogens (tertiary/aromatic N) is 3. The number of ether oxygens (including phenoxy) is 1. The Hall–Kier alpha value is -2.88. The fraction of sp³-hybridized carbons (Fsp3) is 0.567. The molecule has 10 heteroatoms. The number of aryl methyl sites for hydroxylation is 2. The lowest BCUT2D eigenvalue weighted by Crippen LogP contribution is -2.44. The monoisotopic (exact) mass is 571 g/mol. The molecule has 1 amide bonds. The first-order valence-electron chi connectivity index (χ1n) is 14.4. The largest absolute Gasteiger partial charge is 0.481 e. The highest BCUT2D eigenvalue weighted by Crippen LogP contribution is 2.26. The van der Waals surface area contributed by atoms with Gasteiger partial charge >= 0.3 is 5.97 Å². The van der Waals surface area contributed by atoms with E-state index in [1.54, 1.807) is 0 Å². The molecule has 2 unspecified atom stereocenters. The maximum absolute atomic E-state index is 13.4. The average Bonchev–Trinajstić information content (AvgIpc) is 2.97. The molecule has 2 saturated heterocycles. The van der Waals surface area contributed by atoms with Crippen molar-refractivity contribution in [3.63, 3.8) is 0 Å². The molecule has 3 aliphatic rings. The van der Waals surface area contributed by atoms with Gasteiger partial charge in [0.2, 0.25) is 5.91 Å². The molecule has 4 heterocycles. The smallest absolute Gasteiger partial charge is 0.305 e. The van der Waals surface area contributed by atoms with Crippen molar-refractivity contribution in [2.24, 2.45) is 5.92 Å². The molecular formula is C30H42ClN5O4. The first-order valence-corrected chi connectivity index (χ1v) is 14.4. The number of halogens is 1. The molecule has 2 atom stereocenters. The van der Waals surface area contributed by atoms with E-state index in [1.807, 2.05) is 24.3 Å². The summed E-state index contributed by atoms with van der Waals surface area (Å²) in [6.45, 7) is 6.58. The van der Waals surface area contributed by atoms with Crippen LogP contribution in [0.3, 0.4) is 0 Å². The SMILES string of the molecule is Cl.O=C(O)CC(NC(=O)C1CCCN(CCCc2ccc3c(n2)NCCC3)C1)c1cccc(N2CCOCC2)c1. The molecule has 5 rings (SSSR count). The quantitative estimate of drug-likeness (QED) is 0.396. The van der Waals surface area contributed by atoms with Gasteiger partial charge in [0.05, 0.1) is 31.6 Å². The van der Waals surface area contributed by atoms with Crippen molar-refractivity contribution in [3.8, 4) is 0 Å². The molecule has 40 heavy (non-hydrogen) atoms. The molecule has 0 saturated carbocycles. The Morgan fingerprint density at radius 2 is 2.00 bits per heavy atom. The van der Waals surface area contributed by atoms with E-state index >= 15 is 0 Å². The topological polar surface area (TPSA) is 107 Å². The summed E-state index contributed by atoms with van der Waals surface area (Å²) in [5.41, 5.74) is 4.29. The van der Waals surface area contributed by atoms with Gasteiger partial charge in [-0.3, -0.25) is 9.59 Å². The summed E-state index contributed by atoms with van der Waals surface area (Å²) in [7, 11) is 0. The number of amides is 1. The van der Waals surface area contributed by atoms with E-state index in [1.165, 1.54) is 5.56 Å². The van der Waals surface area contributed by atoms with E-state index in [4.69, 9.17) is 9.72 Å². The molecule has 218 valence electrons. The van der Waals surface area contributed by atoms with Crippen molar-refractivity contribution in [1.29, 1.82) is 0 Å². The van der Waals surface area contributed by atoms with Crippen molar-refractivity contribution in [2.45, 2.75) is 51.0 Å². The van der Waals surface area contributed by atoms with Gasteiger partial charge in [0.25, 0.3) is 0 Å². The summed E-state index contributed by atoms with van der Waals surface area (Å²) < 4.78 is 5.46. The van der Waals surface area contributed by atoms with Gasteiger partial charge in [0, 0.05) is 37.6 Å². The molecule has 0 radical (unpaired) electrons. The summed E-state index contributed by atoms with van der Waals surface area (Å²) in [6, 6.07) is 11.7. The second-order valence-electron chi connectivity index (χ2n) is 10.9.